The van der Waals surface area contributed by atoms with Crippen LogP contribution in [0.25, 0.3) is 0 Å². The van der Waals surface area contributed by atoms with E-state index in [9.17, 15) is 0 Å². The van der Waals surface area contributed by atoms with Gasteiger partial charge < -0.3 is 10.2 Å². The maximum Gasteiger partial charge on any atom is 0.0662 e. The monoisotopic (exact) mass is 124 g/mol. The summed E-state index contributed by atoms with van der Waals surface area (Å²) < 4.78 is 0. The van der Waals surface area contributed by atoms with Crippen molar-refractivity contribution in [2.24, 2.45) is 0 Å². The van der Waals surface area contributed by atoms with Gasteiger partial charge in [0.05, 0.1) is 13.2 Å². The zero-order chi connectivity index (χ0) is 6.12. The van der Waals surface area contributed by atoms with E-state index in [1.165, 1.54) is 0 Å². The maximum atomic E-state index is 7.62. The molecule has 0 saturated carbocycles. The van der Waals surface area contributed by atoms with E-state index < -0.39 is 0 Å². The molecule has 0 rings (SSSR count). The van der Waals surface area contributed by atoms with Crippen molar-refractivity contribution in [3.63, 3.8) is 0 Å². The van der Waals surface area contributed by atoms with Crippen molar-refractivity contribution >= 4 is 11.8 Å². The van der Waals surface area contributed by atoms with Crippen molar-refractivity contribution in [2.75, 3.05) is 25.7 Å². The van der Waals surface area contributed by atoms with Crippen LogP contribution in [0.3, 0.4) is 0 Å². The summed E-state index contributed by atoms with van der Waals surface area (Å²) in [6.45, 7) is -0.250. The topological polar surface area (TPSA) is 40.5 Å². The molecule has 0 aromatic carbocycles. The number of hydrogen-bond donors (Lipinski definition) is 2. The molecule has 0 fully saturated rings. The third-order valence-electron chi connectivity index (χ3n) is 0.1000. The Balaban J connectivity index is 0. The zero-order valence-corrected chi connectivity index (χ0v) is 5.53. The van der Waals surface area contributed by atoms with Crippen LogP contribution in [0.5, 0.6) is 0 Å². The van der Waals surface area contributed by atoms with E-state index in [-0.39, 0.29) is 13.2 Å². The van der Waals surface area contributed by atoms with Crippen LogP contribution in [-0.2, 0) is 0 Å². The van der Waals surface area contributed by atoms with E-state index >= 15 is 0 Å². The molecule has 0 aliphatic carbocycles. The van der Waals surface area contributed by atoms with Gasteiger partial charge in [0.15, 0.2) is 0 Å². The molecule has 0 spiro atoms. The highest BCUT2D eigenvalue weighted by atomic mass is 32.2. The Hall–Kier alpha value is 0.270. The van der Waals surface area contributed by atoms with E-state index in [4.69, 9.17) is 10.2 Å². The summed E-state index contributed by atoms with van der Waals surface area (Å²) in [5.74, 6) is 0. The van der Waals surface area contributed by atoms with Crippen LogP contribution >= 0.6 is 11.8 Å². The first-order chi connectivity index (χ1) is 3.33. The zero-order valence-electron chi connectivity index (χ0n) is 4.72. The molecule has 0 heterocycles. The van der Waals surface area contributed by atoms with E-state index in [1.54, 1.807) is 11.8 Å². The molecule has 0 amide bonds. The Bertz CT molecular complexity index is 17.2. The van der Waals surface area contributed by atoms with Crippen LogP contribution in [0, 0.1) is 0 Å². The second-order valence-electron chi connectivity index (χ2n) is 0.855. The highest BCUT2D eigenvalue weighted by Crippen LogP contribution is 1.70. The van der Waals surface area contributed by atoms with Crippen LogP contribution in [0.1, 0.15) is 0 Å². The largest absolute Gasteiger partial charge is 0.394 e. The fraction of sp³-hybridized carbons (Fsp3) is 1.00. The number of rotatable bonds is 1. The summed E-state index contributed by atoms with van der Waals surface area (Å²) in [6, 6.07) is 0. The average Bonchev–Trinajstić information content (AvgIpc) is 1.69. The fourth-order valence-electron chi connectivity index (χ4n) is 0. The predicted octanol–water partition coefficient (Wildman–Crippen LogP) is -0.0498. The Morgan fingerprint density at radius 3 is 1.29 bits per heavy atom. The molecule has 46 valence electrons. The molecule has 0 aliphatic rings. The van der Waals surface area contributed by atoms with Gasteiger partial charge >= 0.3 is 0 Å². The van der Waals surface area contributed by atoms with Gasteiger partial charge in [0.25, 0.3) is 0 Å². The lowest BCUT2D eigenvalue weighted by atomic mass is 10.8. The Morgan fingerprint density at radius 2 is 1.29 bits per heavy atom. The Kier molecular flexibility index (Phi) is 23.9. The van der Waals surface area contributed by atoms with Crippen molar-refractivity contribution in [1.82, 2.24) is 0 Å². The van der Waals surface area contributed by atoms with Crippen LogP contribution in [0.4, 0.5) is 0 Å². The Labute approximate surface area is 48.6 Å². The van der Waals surface area contributed by atoms with Gasteiger partial charge in [-0.15, -0.1) is 0 Å². The molecule has 0 aromatic rings. The van der Waals surface area contributed by atoms with Crippen molar-refractivity contribution in [1.29, 1.82) is 0 Å². The van der Waals surface area contributed by atoms with Gasteiger partial charge in [0.1, 0.15) is 0 Å². The number of aliphatic hydroxyl groups excluding tert-OH is 2. The predicted molar refractivity (Wildman–Crippen MR) is 33.6 cm³/mol. The van der Waals surface area contributed by atoms with Gasteiger partial charge in [-0.3, -0.25) is 0 Å². The minimum Gasteiger partial charge on any atom is -0.394 e. The summed E-state index contributed by atoms with van der Waals surface area (Å²) in [5, 5.41) is 15.2. The van der Waals surface area contributed by atoms with Crippen LogP contribution in [-0.4, -0.2) is 35.9 Å². The second kappa shape index (κ2) is 16.3. The molecule has 0 atom stereocenters. The summed E-state index contributed by atoms with van der Waals surface area (Å²) in [6.07, 6.45) is 4.08. The van der Waals surface area contributed by atoms with Crippen molar-refractivity contribution in [2.45, 2.75) is 0 Å². The lowest BCUT2D eigenvalue weighted by molar-refractivity contribution is 0.186. The molecule has 0 bridgehead atoms. The first-order valence-electron chi connectivity index (χ1n) is 1.95. The first kappa shape index (κ1) is 10.3. The van der Waals surface area contributed by atoms with Crippen molar-refractivity contribution in [3.05, 3.63) is 0 Å². The normalized spacial score (nSPS) is 6.86. The van der Waals surface area contributed by atoms with Gasteiger partial charge in [-0.25, -0.2) is 0 Å². The molecule has 7 heavy (non-hydrogen) atoms. The molecule has 2 nitrogen and oxygen atoms in total. The van der Waals surface area contributed by atoms with E-state index in [0.717, 1.165) is 0 Å². The van der Waals surface area contributed by atoms with Gasteiger partial charge in [-0.2, -0.15) is 11.8 Å². The summed E-state index contributed by atoms with van der Waals surface area (Å²) in [7, 11) is 0. The minimum atomic E-state index is -0.125. The molecular formula is C4H12O2S. The first-order valence-corrected chi connectivity index (χ1v) is 3.58. The lowest BCUT2D eigenvalue weighted by Gasteiger charge is -1.70. The smallest absolute Gasteiger partial charge is 0.0662 e. The van der Waals surface area contributed by atoms with Gasteiger partial charge in [-0.1, -0.05) is 0 Å². The van der Waals surface area contributed by atoms with Crippen molar-refractivity contribution < 1.29 is 10.2 Å². The third-order valence-corrected chi connectivity index (χ3v) is 0.1000. The maximum absolute atomic E-state index is 7.62. The summed E-state index contributed by atoms with van der Waals surface area (Å²) in [4.78, 5) is 0. The van der Waals surface area contributed by atoms with Crippen LogP contribution in [0.2, 0.25) is 0 Å². The fourth-order valence-corrected chi connectivity index (χ4v) is 0. The molecular weight excluding hydrogens is 112 g/mol. The summed E-state index contributed by atoms with van der Waals surface area (Å²) in [5.41, 5.74) is 0. The minimum absolute atomic E-state index is 0.125. The van der Waals surface area contributed by atoms with Gasteiger partial charge in [0, 0.05) is 0 Å². The van der Waals surface area contributed by atoms with E-state index in [0.29, 0.717) is 0 Å². The molecule has 0 radical (unpaired) electrons. The third kappa shape index (κ3) is 70.9. The summed E-state index contributed by atoms with van der Waals surface area (Å²) >= 11 is 1.75. The number of thioether (sulfide) groups is 1. The van der Waals surface area contributed by atoms with Crippen LogP contribution in [0.15, 0.2) is 0 Å². The SMILES string of the molecule is CSC.OCCO. The average molecular weight is 124 g/mol. The van der Waals surface area contributed by atoms with E-state index in [1.807, 2.05) is 12.5 Å². The Morgan fingerprint density at radius 1 is 1.14 bits per heavy atom. The number of hydrogen-bond acceptors (Lipinski definition) is 3. The number of aliphatic hydroxyl groups is 2. The molecule has 3 heteroatoms. The quantitative estimate of drug-likeness (QED) is 0.515. The van der Waals surface area contributed by atoms with Gasteiger partial charge in [-0.05, 0) is 12.5 Å². The van der Waals surface area contributed by atoms with Crippen molar-refractivity contribution in [3.8, 4) is 0 Å². The lowest BCUT2D eigenvalue weighted by Crippen LogP contribution is -1.85. The highest BCUT2D eigenvalue weighted by Gasteiger charge is 1.58. The van der Waals surface area contributed by atoms with Gasteiger partial charge in [0.2, 0.25) is 0 Å². The molecule has 0 saturated heterocycles. The van der Waals surface area contributed by atoms with E-state index in [2.05, 4.69) is 0 Å². The van der Waals surface area contributed by atoms with Crippen LogP contribution < -0.4 is 0 Å². The molecule has 0 aromatic heterocycles. The second-order valence-corrected chi connectivity index (χ2v) is 1.67. The molecule has 0 unspecified atom stereocenters. The molecule has 2 N–H and O–H groups in total. The highest BCUT2D eigenvalue weighted by molar-refractivity contribution is 7.97. The molecule has 0 aliphatic heterocycles. The standard InChI is InChI=1S/C2H6O2.C2H6S/c3-1-2-4;1-3-2/h3-4H,1-2H2;1-2H3.